The minimum Gasteiger partial charge on any atom is -0.513 e. The number of aliphatic imine (C=N–C) groups is 1. The summed E-state index contributed by atoms with van der Waals surface area (Å²) in [5.74, 6) is 0.313. The average Bonchev–Trinajstić information content (AvgIpc) is 2.85. The second-order valence-corrected chi connectivity index (χ2v) is 7.24. The molecule has 7 heteroatoms. The third-order valence-electron chi connectivity index (χ3n) is 4.59. The minimum atomic E-state index is -0.928. The number of piperidine rings is 1. The molecule has 6 nitrogen and oxygen atoms in total. The number of nitrogens with zero attached hydrogens (tertiary/aromatic N) is 2. The van der Waals surface area contributed by atoms with Crippen LogP contribution in [0.5, 0.6) is 0 Å². The summed E-state index contributed by atoms with van der Waals surface area (Å²) in [6.45, 7) is 11.8. The Balaban J connectivity index is 1.74. The van der Waals surface area contributed by atoms with E-state index in [0.717, 1.165) is 37.3 Å². The predicted molar refractivity (Wildman–Crippen MR) is 96.2 cm³/mol. The Morgan fingerprint density at radius 1 is 1.42 bits per heavy atom. The van der Waals surface area contributed by atoms with Crippen LogP contribution in [0.15, 0.2) is 23.9 Å². The lowest BCUT2D eigenvalue weighted by molar-refractivity contribution is 0.0701. The first-order chi connectivity index (χ1) is 11.4. The van der Waals surface area contributed by atoms with Gasteiger partial charge in [0, 0.05) is 17.2 Å². The normalized spacial score (nSPS) is 18.7. The van der Waals surface area contributed by atoms with Crippen LogP contribution in [0.3, 0.4) is 0 Å². The van der Waals surface area contributed by atoms with Gasteiger partial charge in [-0.1, -0.05) is 13.2 Å². The zero-order valence-electron chi connectivity index (χ0n) is 13.6. The van der Waals surface area contributed by atoms with Gasteiger partial charge in [-0.25, -0.2) is 9.79 Å². The molecular weight excluding hydrogens is 326 g/mol. The standard InChI is InChI=1S/C17H21N3O3S/c1-9-14-10(2)18-13(19-16(14)24-15(9)17(22)23)8-20-6-4-12(5-7-20)11(3)21/h12,21H,2-8H2,1H3,(H,18,19)(H,22,23). The van der Waals surface area contributed by atoms with Crippen molar-refractivity contribution in [1.82, 2.24) is 10.2 Å². The lowest BCUT2D eigenvalue weighted by atomic mass is 9.95. The first-order valence-corrected chi connectivity index (χ1v) is 8.69. The molecule has 1 saturated heterocycles. The number of allylic oxidation sites excluding steroid dienone is 1. The first kappa shape index (κ1) is 16.7. The van der Waals surface area contributed by atoms with Crippen molar-refractivity contribution < 1.29 is 15.0 Å². The molecule has 0 saturated carbocycles. The van der Waals surface area contributed by atoms with Gasteiger partial charge >= 0.3 is 5.97 Å². The van der Waals surface area contributed by atoms with Crippen LogP contribution in [0.25, 0.3) is 5.70 Å². The molecule has 128 valence electrons. The quantitative estimate of drug-likeness (QED) is 0.729. The molecule has 3 N–H and O–H groups in total. The summed E-state index contributed by atoms with van der Waals surface area (Å²) in [6, 6.07) is 0. The highest BCUT2D eigenvalue weighted by atomic mass is 32.1. The van der Waals surface area contributed by atoms with E-state index in [1.807, 2.05) is 0 Å². The maximum absolute atomic E-state index is 11.3. The number of aliphatic hydroxyl groups excluding tert-OH is 1. The number of amidine groups is 1. The van der Waals surface area contributed by atoms with Crippen LogP contribution in [0.2, 0.25) is 0 Å². The van der Waals surface area contributed by atoms with Gasteiger partial charge in [-0.3, -0.25) is 4.90 Å². The zero-order valence-corrected chi connectivity index (χ0v) is 14.4. The Bertz CT molecular complexity index is 743. The maximum Gasteiger partial charge on any atom is 0.346 e. The molecule has 1 aromatic heterocycles. The molecule has 0 amide bonds. The van der Waals surface area contributed by atoms with Gasteiger partial charge in [-0.05, 0) is 38.4 Å². The molecule has 2 aliphatic heterocycles. The minimum absolute atomic E-state index is 0.183. The summed E-state index contributed by atoms with van der Waals surface area (Å²) in [4.78, 5) is 18.5. The number of carboxylic acids is 1. The zero-order chi connectivity index (χ0) is 17.4. The van der Waals surface area contributed by atoms with Crippen molar-refractivity contribution in [3.05, 3.63) is 34.9 Å². The molecule has 1 fully saturated rings. The fourth-order valence-corrected chi connectivity index (χ4v) is 4.30. The van der Waals surface area contributed by atoms with Crippen LogP contribution in [0.1, 0.15) is 33.6 Å². The number of aromatic carboxylic acids is 1. The predicted octanol–water partition coefficient (Wildman–Crippen LogP) is 3.14. The van der Waals surface area contributed by atoms with Gasteiger partial charge in [-0.15, -0.1) is 11.3 Å². The molecular formula is C17H21N3O3S. The fourth-order valence-electron chi connectivity index (χ4n) is 3.23. The number of likely N-dealkylation sites (tertiary alicyclic amines) is 1. The van der Waals surface area contributed by atoms with E-state index in [0.29, 0.717) is 27.7 Å². The van der Waals surface area contributed by atoms with Crippen molar-refractivity contribution in [1.29, 1.82) is 0 Å². The van der Waals surface area contributed by atoms with Crippen molar-refractivity contribution in [2.24, 2.45) is 10.9 Å². The molecule has 0 atom stereocenters. The van der Waals surface area contributed by atoms with Gasteiger partial charge in [0.2, 0.25) is 0 Å². The monoisotopic (exact) mass is 347 g/mol. The Labute approximate surface area is 144 Å². The van der Waals surface area contributed by atoms with E-state index in [9.17, 15) is 15.0 Å². The van der Waals surface area contributed by atoms with Gasteiger partial charge in [0.15, 0.2) is 0 Å². The van der Waals surface area contributed by atoms with Gasteiger partial charge in [0.05, 0.1) is 12.3 Å². The summed E-state index contributed by atoms with van der Waals surface area (Å²) in [5.41, 5.74) is 2.22. The molecule has 1 aromatic rings. The molecule has 0 aromatic carbocycles. The molecule has 3 heterocycles. The Kier molecular flexibility index (Phi) is 4.47. The molecule has 24 heavy (non-hydrogen) atoms. The number of fused-ring (bicyclic) bond motifs is 1. The lowest BCUT2D eigenvalue weighted by Crippen LogP contribution is -2.42. The SMILES string of the molecule is C=C1NC(CN2CCC(C(=C)O)CC2)=Nc2sc(C(=O)O)c(C)c21. The van der Waals surface area contributed by atoms with E-state index in [-0.39, 0.29) is 11.7 Å². The molecule has 0 spiro atoms. The molecule has 0 aliphatic carbocycles. The van der Waals surface area contributed by atoms with Gasteiger partial charge < -0.3 is 15.5 Å². The number of nitrogens with one attached hydrogen (secondary N) is 1. The summed E-state index contributed by atoms with van der Waals surface area (Å²) in [6.07, 6.45) is 1.77. The fraction of sp³-hybridized carbons (Fsp3) is 0.412. The summed E-state index contributed by atoms with van der Waals surface area (Å²) < 4.78 is 0. The van der Waals surface area contributed by atoms with Crippen LogP contribution >= 0.6 is 11.3 Å². The third-order valence-corrected chi connectivity index (χ3v) is 5.76. The largest absolute Gasteiger partial charge is 0.513 e. The van der Waals surface area contributed by atoms with Crippen molar-refractivity contribution in [2.45, 2.75) is 19.8 Å². The number of hydrogen-bond donors (Lipinski definition) is 3. The highest BCUT2D eigenvalue weighted by Gasteiger charge is 2.27. The Morgan fingerprint density at radius 2 is 2.08 bits per heavy atom. The molecule has 0 unspecified atom stereocenters. The molecule has 0 radical (unpaired) electrons. The first-order valence-electron chi connectivity index (χ1n) is 7.87. The number of rotatable bonds is 4. The average molecular weight is 347 g/mol. The highest BCUT2D eigenvalue weighted by molar-refractivity contribution is 7.18. The summed E-state index contributed by atoms with van der Waals surface area (Å²) >= 11 is 1.19. The Hall–Kier alpha value is -2.12. The van der Waals surface area contributed by atoms with E-state index >= 15 is 0 Å². The van der Waals surface area contributed by atoms with Gasteiger partial charge in [0.1, 0.15) is 15.7 Å². The lowest BCUT2D eigenvalue weighted by Gasteiger charge is -2.32. The van der Waals surface area contributed by atoms with Crippen molar-refractivity contribution >= 4 is 33.8 Å². The Morgan fingerprint density at radius 3 is 2.67 bits per heavy atom. The van der Waals surface area contributed by atoms with Crippen LogP contribution in [0, 0.1) is 12.8 Å². The van der Waals surface area contributed by atoms with Crippen molar-refractivity contribution in [3.8, 4) is 0 Å². The number of thiophene rings is 1. The van der Waals surface area contributed by atoms with E-state index in [2.05, 4.69) is 28.4 Å². The topological polar surface area (TPSA) is 85.2 Å². The molecule has 3 rings (SSSR count). The van der Waals surface area contributed by atoms with Gasteiger partial charge in [0.25, 0.3) is 0 Å². The number of carbonyl (C=O) groups is 1. The van der Waals surface area contributed by atoms with Crippen LogP contribution in [0.4, 0.5) is 5.00 Å². The third kappa shape index (κ3) is 3.09. The molecule has 2 aliphatic rings. The van der Waals surface area contributed by atoms with Crippen LogP contribution in [-0.2, 0) is 0 Å². The van der Waals surface area contributed by atoms with Crippen LogP contribution < -0.4 is 5.32 Å². The van der Waals surface area contributed by atoms with E-state index in [1.165, 1.54) is 11.3 Å². The summed E-state index contributed by atoms with van der Waals surface area (Å²) in [5, 5.41) is 22.7. The molecule has 0 bridgehead atoms. The summed E-state index contributed by atoms with van der Waals surface area (Å²) in [7, 11) is 0. The van der Waals surface area contributed by atoms with E-state index in [4.69, 9.17) is 0 Å². The highest BCUT2D eigenvalue weighted by Crippen LogP contribution is 2.40. The van der Waals surface area contributed by atoms with Crippen molar-refractivity contribution in [3.63, 3.8) is 0 Å². The number of carboxylic acid groups (broad SMARTS) is 1. The number of aliphatic hydroxyl groups is 1. The van der Waals surface area contributed by atoms with Crippen LogP contribution in [-0.4, -0.2) is 46.6 Å². The van der Waals surface area contributed by atoms with Gasteiger partial charge in [-0.2, -0.15) is 0 Å². The van der Waals surface area contributed by atoms with E-state index < -0.39 is 5.97 Å². The van der Waals surface area contributed by atoms with Crippen molar-refractivity contribution in [2.75, 3.05) is 19.6 Å². The second-order valence-electron chi connectivity index (χ2n) is 6.25. The maximum atomic E-state index is 11.3. The smallest absolute Gasteiger partial charge is 0.346 e. The number of hydrogen-bond acceptors (Lipinski definition) is 6. The second kappa shape index (κ2) is 6.41. The van der Waals surface area contributed by atoms with E-state index in [1.54, 1.807) is 6.92 Å².